The molecule has 0 aliphatic heterocycles. The molecule has 1 aliphatic carbocycles. The van der Waals surface area contributed by atoms with Gasteiger partial charge in [0, 0.05) is 19.2 Å². The highest BCUT2D eigenvalue weighted by Crippen LogP contribution is 2.42. The molecule has 0 spiro atoms. The minimum Gasteiger partial charge on any atom is -0.476 e. The van der Waals surface area contributed by atoms with Gasteiger partial charge in [0.2, 0.25) is 0 Å². The first-order valence-electron chi connectivity index (χ1n) is 6.63. The molecule has 0 amide bonds. The maximum absolute atomic E-state index is 11.8. The molecule has 1 aliphatic rings. The van der Waals surface area contributed by atoms with E-state index in [0.29, 0.717) is 11.4 Å². The lowest BCUT2D eigenvalue weighted by atomic mass is 10.2. The molecule has 8 nitrogen and oxygen atoms in total. The minimum atomic E-state index is -3.38. The smallest absolute Gasteiger partial charge is 0.356 e. The number of aromatic carboxylic acids is 1. The van der Waals surface area contributed by atoms with Gasteiger partial charge in [0.1, 0.15) is 5.69 Å². The van der Waals surface area contributed by atoms with Gasteiger partial charge in [-0.3, -0.25) is 0 Å². The molecule has 22 heavy (non-hydrogen) atoms. The summed E-state index contributed by atoms with van der Waals surface area (Å²) in [5.41, 5.74) is 0.861. The Morgan fingerprint density at radius 1 is 1.36 bits per heavy atom. The highest BCUT2D eigenvalue weighted by molar-refractivity contribution is 7.90. The number of rotatable bonds is 4. The van der Waals surface area contributed by atoms with Crippen LogP contribution in [0.4, 0.5) is 0 Å². The summed E-state index contributed by atoms with van der Waals surface area (Å²) in [6.45, 7) is 0. The van der Waals surface area contributed by atoms with Crippen LogP contribution in [0.5, 0.6) is 0 Å². The van der Waals surface area contributed by atoms with Crippen LogP contribution in [0.25, 0.3) is 11.4 Å². The fraction of sp³-hybridized carbons (Fsp3) is 0.385. The molecular formula is C13H14N4O4S. The van der Waals surface area contributed by atoms with Crippen molar-refractivity contribution >= 4 is 15.8 Å². The van der Waals surface area contributed by atoms with Crippen molar-refractivity contribution in [2.45, 2.75) is 23.7 Å². The summed E-state index contributed by atoms with van der Waals surface area (Å²) < 4.78 is 24.8. The van der Waals surface area contributed by atoms with Crippen molar-refractivity contribution in [3.05, 3.63) is 23.5 Å². The first-order valence-corrected chi connectivity index (χ1v) is 8.52. The van der Waals surface area contributed by atoms with E-state index in [1.165, 1.54) is 19.2 Å². The van der Waals surface area contributed by atoms with Gasteiger partial charge in [-0.15, -0.1) is 5.10 Å². The Hall–Kier alpha value is -2.29. The first kappa shape index (κ1) is 14.6. The van der Waals surface area contributed by atoms with Crippen LogP contribution >= 0.6 is 0 Å². The maximum atomic E-state index is 11.8. The average Bonchev–Trinajstić information content (AvgIpc) is 3.19. The zero-order valence-corrected chi connectivity index (χ0v) is 12.8. The van der Waals surface area contributed by atoms with E-state index < -0.39 is 15.8 Å². The number of aryl methyl sites for hydroxylation is 1. The third-order valence-electron chi connectivity index (χ3n) is 3.52. The van der Waals surface area contributed by atoms with Gasteiger partial charge in [0.25, 0.3) is 0 Å². The van der Waals surface area contributed by atoms with Crippen molar-refractivity contribution in [1.82, 2.24) is 20.0 Å². The molecule has 0 atom stereocenters. The number of pyridine rings is 1. The summed E-state index contributed by atoms with van der Waals surface area (Å²) in [5, 5.41) is 16.8. The lowest BCUT2D eigenvalue weighted by molar-refractivity contribution is 0.0686. The van der Waals surface area contributed by atoms with Crippen LogP contribution in [0.2, 0.25) is 0 Å². The van der Waals surface area contributed by atoms with E-state index in [9.17, 15) is 18.3 Å². The van der Waals surface area contributed by atoms with Gasteiger partial charge in [-0.05, 0) is 25.0 Å². The predicted octanol–water partition coefficient (Wildman–Crippen LogP) is 0.856. The number of hydrogen-bond acceptors (Lipinski definition) is 6. The Labute approximate surface area is 126 Å². The van der Waals surface area contributed by atoms with Crippen molar-refractivity contribution in [3.63, 3.8) is 0 Å². The molecule has 9 heteroatoms. The normalized spacial score (nSPS) is 15.0. The third kappa shape index (κ3) is 2.47. The largest absolute Gasteiger partial charge is 0.476 e. The van der Waals surface area contributed by atoms with Crippen LogP contribution in [0, 0.1) is 0 Å². The Bertz CT molecular complexity index is 868. The minimum absolute atomic E-state index is 0.0821. The Kier molecular flexibility index (Phi) is 3.24. The second kappa shape index (κ2) is 4.87. The van der Waals surface area contributed by atoms with Crippen LogP contribution in [-0.4, -0.2) is 45.7 Å². The number of carboxylic acids is 1. The zero-order chi connectivity index (χ0) is 16.1. The zero-order valence-electron chi connectivity index (χ0n) is 12.0. The molecule has 0 saturated heterocycles. The van der Waals surface area contributed by atoms with Crippen LogP contribution in [0.3, 0.4) is 0 Å². The quantitative estimate of drug-likeness (QED) is 0.887. The van der Waals surface area contributed by atoms with Crippen molar-refractivity contribution in [2.75, 3.05) is 6.26 Å². The van der Waals surface area contributed by atoms with E-state index in [0.717, 1.165) is 23.8 Å². The van der Waals surface area contributed by atoms with Crippen molar-refractivity contribution in [2.24, 2.45) is 7.05 Å². The first-order chi connectivity index (χ1) is 10.3. The summed E-state index contributed by atoms with van der Waals surface area (Å²) >= 11 is 0. The summed E-state index contributed by atoms with van der Waals surface area (Å²) in [7, 11) is -1.90. The monoisotopic (exact) mass is 322 g/mol. The average molecular weight is 322 g/mol. The van der Waals surface area contributed by atoms with Crippen LogP contribution in [0.1, 0.15) is 34.9 Å². The van der Waals surface area contributed by atoms with E-state index >= 15 is 0 Å². The van der Waals surface area contributed by atoms with Gasteiger partial charge in [0.05, 0.1) is 16.3 Å². The summed E-state index contributed by atoms with van der Waals surface area (Å²) in [4.78, 5) is 15.9. The molecule has 116 valence electrons. The molecule has 0 radical (unpaired) electrons. The number of carbonyl (C=O) groups is 1. The number of hydrogen-bond donors (Lipinski definition) is 1. The third-order valence-corrected chi connectivity index (χ3v) is 4.67. The van der Waals surface area contributed by atoms with Gasteiger partial charge < -0.3 is 5.11 Å². The lowest BCUT2D eigenvalue weighted by Gasteiger charge is -2.08. The van der Waals surface area contributed by atoms with E-state index in [2.05, 4.69) is 15.3 Å². The summed E-state index contributed by atoms with van der Waals surface area (Å²) in [6, 6.07) is 2.93. The lowest BCUT2D eigenvalue weighted by Crippen LogP contribution is -2.08. The number of carboxylic acid groups (broad SMARTS) is 1. The molecule has 2 aromatic heterocycles. The molecule has 2 aromatic rings. The molecular weight excluding hydrogens is 308 g/mol. The molecule has 0 aromatic carbocycles. The Morgan fingerprint density at radius 3 is 2.59 bits per heavy atom. The molecule has 2 heterocycles. The SMILES string of the molecule is Cn1nnc(-c2ccc(S(C)(=O)=O)c(C3CC3)n2)c1C(=O)O. The van der Waals surface area contributed by atoms with Crippen LogP contribution in [0.15, 0.2) is 17.0 Å². The van der Waals surface area contributed by atoms with E-state index in [-0.39, 0.29) is 22.2 Å². The second-order valence-corrected chi connectivity index (χ2v) is 7.33. The molecule has 1 saturated carbocycles. The number of aromatic nitrogens is 4. The molecule has 1 N–H and O–H groups in total. The molecule has 1 fully saturated rings. The Balaban J connectivity index is 2.18. The highest BCUT2D eigenvalue weighted by atomic mass is 32.2. The summed E-state index contributed by atoms with van der Waals surface area (Å²) in [5.74, 6) is -1.06. The predicted molar refractivity (Wildman–Crippen MR) is 76.3 cm³/mol. The van der Waals surface area contributed by atoms with E-state index in [1.54, 1.807) is 0 Å². The van der Waals surface area contributed by atoms with E-state index in [4.69, 9.17) is 0 Å². The maximum Gasteiger partial charge on any atom is 0.356 e. The highest BCUT2D eigenvalue weighted by Gasteiger charge is 2.32. The molecule has 0 unspecified atom stereocenters. The standard InChI is InChI=1S/C13H14N4O4S/c1-17-12(13(18)19)11(15-16-17)8-5-6-9(22(2,20)21)10(14-8)7-3-4-7/h5-7H,3-4H2,1-2H3,(H,18,19). The fourth-order valence-corrected chi connectivity index (χ4v) is 3.23. The van der Waals surface area contributed by atoms with Crippen LogP contribution in [-0.2, 0) is 16.9 Å². The molecule has 0 bridgehead atoms. The van der Waals surface area contributed by atoms with Gasteiger partial charge in [-0.25, -0.2) is 22.9 Å². The van der Waals surface area contributed by atoms with Crippen LogP contribution < -0.4 is 0 Å². The summed E-state index contributed by atoms with van der Waals surface area (Å²) in [6.07, 6.45) is 2.90. The number of sulfone groups is 1. The topological polar surface area (TPSA) is 115 Å². The van der Waals surface area contributed by atoms with Crippen molar-refractivity contribution < 1.29 is 18.3 Å². The molecule has 3 rings (SSSR count). The second-order valence-electron chi connectivity index (χ2n) is 5.34. The van der Waals surface area contributed by atoms with Crippen molar-refractivity contribution in [3.8, 4) is 11.4 Å². The van der Waals surface area contributed by atoms with Gasteiger partial charge in [-0.1, -0.05) is 5.21 Å². The van der Waals surface area contributed by atoms with Gasteiger partial charge in [0.15, 0.2) is 15.5 Å². The van der Waals surface area contributed by atoms with E-state index in [1.807, 2.05) is 0 Å². The van der Waals surface area contributed by atoms with Gasteiger partial charge >= 0.3 is 5.97 Å². The Morgan fingerprint density at radius 2 is 2.05 bits per heavy atom. The number of nitrogens with zero attached hydrogens (tertiary/aromatic N) is 4. The van der Waals surface area contributed by atoms with Crippen molar-refractivity contribution in [1.29, 1.82) is 0 Å². The fourth-order valence-electron chi connectivity index (χ4n) is 2.33. The van der Waals surface area contributed by atoms with Gasteiger partial charge in [-0.2, -0.15) is 0 Å².